The van der Waals surface area contributed by atoms with Gasteiger partial charge in [0.1, 0.15) is 11.6 Å². The molecular formula is C29H31N3O2. The van der Waals surface area contributed by atoms with Crippen LogP contribution in [0.2, 0.25) is 0 Å². The maximum Gasteiger partial charge on any atom is 0.227 e. The second-order valence-corrected chi connectivity index (χ2v) is 9.38. The average molecular weight is 454 g/mol. The van der Waals surface area contributed by atoms with Gasteiger partial charge < -0.3 is 14.2 Å². The molecule has 0 saturated carbocycles. The first-order chi connectivity index (χ1) is 16.5. The summed E-state index contributed by atoms with van der Waals surface area (Å²) < 4.78 is 8.34. The molecule has 0 aliphatic carbocycles. The number of fused-ring (bicyclic) bond motifs is 1. The third-order valence-electron chi connectivity index (χ3n) is 6.51. The fourth-order valence-electron chi connectivity index (χ4n) is 4.92. The van der Waals surface area contributed by atoms with Gasteiger partial charge in [-0.2, -0.15) is 0 Å². The normalized spacial score (nSPS) is 15.9. The molecule has 0 spiro atoms. The summed E-state index contributed by atoms with van der Waals surface area (Å²) in [6.45, 7) is 8.33. The zero-order valence-electron chi connectivity index (χ0n) is 20.1. The number of rotatable bonds is 7. The Balaban J connectivity index is 1.34. The minimum atomic E-state index is 0.0709. The van der Waals surface area contributed by atoms with Crippen LogP contribution < -0.4 is 9.64 Å². The highest BCUT2D eigenvalue weighted by Gasteiger charge is 2.34. The Labute approximate surface area is 201 Å². The van der Waals surface area contributed by atoms with Crippen molar-refractivity contribution in [2.45, 2.75) is 46.1 Å². The molecule has 3 aromatic carbocycles. The summed E-state index contributed by atoms with van der Waals surface area (Å²) in [4.78, 5) is 19.8. The van der Waals surface area contributed by atoms with E-state index in [9.17, 15) is 4.79 Å². The number of imidazole rings is 1. The molecule has 0 bridgehead atoms. The summed E-state index contributed by atoms with van der Waals surface area (Å²) in [6.07, 6.45) is 1.35. The molecule has 1 aliphatic rings. The molecule has 5 nitrogen and oxygen atoms in total. The Morgan fingerprint density at radius 2 is 1.68 bits per heavy atom. The van der Waals surface area contributed by atoms with E-state index in [2.05, 4.69) is 73.9 Å². The maximum atomic E-state index is 12.9. The maximum absolute atomic E-state index is 12.9. The number of aryl methyl sites for hydroxylation is 4. The van der Waals surface area contributed by atoms with Crippen LogP contribution in [0.1, 0.15) is 41.3 Å². The van der Waals surface area contributed by atoms with Crippen molar-refractivity contribution in [3.63, 3.8) is 0 Å². The fraction of sp³-hybridized carbons (Fsp3) is 0.310. The molecule has 0 N–H and O–H groups in total. The lowest BCUT2D eigenvalue weighted by atomic mass is 10.1. The number of para-hydroxylation sites is 2. The highest BCUT2D eigenvalue weighted by Crippen LogP contribution is 2.33. The smallest absolute Gasteiger partial charge is 0.227 e. The van der Waals surface area contributed by atoms with Gasteiger partial charge in [-0.3, -0.25) is 4.79 Å². The van der Waals surface area contributed by atoms with Crippen LogP contribution in [0.4, 0.5) is 5.69 Å². The van der Waals surface area contributed by atoms with Gasteiger partial charge in [0.25, 0.3) is 0 Å². The van der Waals surface area contributed by atoms with Crippen LogP contribution in [-0.2, 0) is 11.3 Å². The summed E-state index contributed by atoms with van der Waals surface area (Å²) in [6, 6.07) is 22.7. The van der Waals surface area contributed by atoms with Crippen molar-refractivity contribution in [3.8, 4) is 5.75 Å². The number of ether oxygens (including phenoxy) is 1. The monoisotopic (exact) mass is 453 g/mol. The van der Waals surface area contributed by atoms with Crippen molar-refractivity contribution in [3.05, 3.63) is 89.2 Å². The molecule has 4 aromatic rings. The van der Waals surface area contributed by atoms with E-state index in [1.165, 1.54) is 16.7 Å². The highest BCUT2D eigenvalue weighted by atomic mass is 16.5. The topological polar surface area (TPSA) is 47.4 Å². The van der Waals surface area contributed by atoms with Crippen LogP contribution in [0.25, 0.3) is 11.0 Å². The molecule has 5 heteroatoms. The lowest BCUT2D eigenvalue weighted by Gasteiger charge is -2.18. The van der Waals surface area contributed by atoms with Crippen LogP contribution in [0.3, 0.4) is 0 Å². The Morgan fingerprint density at radius 1 is 0.941 bits per heavy atom. The van der Waals surface area contributed by atoms with Crippen molar-refractivity contribution in [2.75, 3.05) is 18.1 Å². The van der Waals surface area contributed by atoms with Crippen LogP contribution in [0.5, 0.6) is 5.75 Å². The molecule has 1 aliphatic heterocycles. The largest absolute Gasteiger partial charge is 0.494 e. The molecule has 1 fully saturated rings. The van der Waals surface area contributed by atoms with Gasteiger partial charge in [-0.25, -0.2) is 4.98 Å². The van der Waals surface area contributed by atoms with Crippen LogP contribution in [-0.4, -0.2) is 28.6 Å². The van der Waals surface area contributed by atoms with E-state index in [0.717, 1.165) is 41.3 Å². The van der Waals surface area contributed by atoms with E-state index in [-0.39, 0.29) is 11.8 Å². The third-order valence-corrected chi connectivity index (χ3v) is 6.51. The van der Waals surface area contributed by atoms with Gasteiger partial charge in [0.2, 0.25) is 5.91 Å². The molecule has 2 heterocycles. The fourth-order valence-corrected chi connectivity index (χ4v) is 4.92. The Kier molecular flexibility index (Phi) is 6.10. The Bertz CT molecular complexity index is 1300. The van der Waals surface area contributed by atoms with Crippen molar-refractivity contribution >= 4 is 22.6 Å². The molecular weight excluding hydrogens is 422 g/mol. The quantitative estimate of drug-likeness (QED) is 0.325. The number of hydrogen-bond donors (Lipinski definition) is 0. The van der Waals surface area contributed by atoms with E-state index in [0.29, 0.717) is 19.6 Å². The first-order valence-corrected chi connectivity index (χ1v) is 12.0. The van der Waals surface area contributed by atoms with Crippen molar-refractivity contribution in [1.82, 2.24) is 9.55 Å². The van der Waals surface area contributed by atoms with Gasteiger partial charge in [-0.1, -0.05) is 35.9 Å². The number of aromatic nitrogens is 2. The number of nitrogens with zero attached hydrogens (tertiary/aromatic N) is 3. The van der Waals surface area contributed by atoms with Gasteiger partial charge in [-0.15, -0.1) is 0 Å². The first-order valence-electron chi connectivity index (χ1n) is 12.0. The van der Waals surface area contributed by atoms with E-state index >= 15 is 0 Å². The molecule has 5 rings (SSSR count). The highest BCUT2D eigenvalue weighted by molar-refractivity contribution is 5.96. The number of carbonyl (C=O) groups is 1. The minimum Gasteiger partial charge on any atom is -0.494 e. The summed E-state index contributed by atoms with van der Waals surface area (Å²) in [5.41, 5.74) is 6.67. The van der Waals surface area contributed by atoms with Gasteiger partial charge in [0, 0.05) is 31.1 Å². The lowest BCUT2D eigenvalue weighted by Crippen LogP contribution is -2.24. The number of benzene rings is 3. The van der Waals surface area contributed by atoms with E-state index in [1.54, 1.807) is 0 Å². The van der Waals surface area contributed by atoms with Gasteiger partial charge >= 0.3 is 0 Å². The van der Waals surface area contributed by atoms with Crippen LogP contribution in [0, 0.1) is 20.8 Å². The molecule has 1 saturated heterocycles. The van der Waals surface area contributed by atoms with Crippen molar-refractivity contribution < 1.29 is 9.53 Å². The van der Waals surface area contributed by atoms with E-state index in [4.69, 9.17) is 9.72 Å². The summed E-state index contributed by atoms with van der Waals surface area (Å²) in [5.74, 6) is 2.14. The molecule has 1 amide bonds. The average Bonchev–Trinajstić information content (AvgIpc) is 3.37. The zero-order valence-corrected chi connectivity index (χ0v) is 20.1. The summed E-state index contributed by atoms with van der Waals surface area (Å²) >= 11 is 0. The zero-order chi connectivity index (χ0) is 23.7. The number of anilines is 1. The van der Waals surface area contributed by atoms with Crippen LogP contribution >= 0.6 is 0 Å². The first kappa shape index (κ1) is 22.2. The third kappa shape index (κ3) is 4.56. The second-order valence-electron chi connectivity index (χ2n) is 9.38. The van der Waals surface area contributed by atoms with Gasteiger partial charge in [-0.05, 0) is 74.7 Å². The molecule has 1 atom stereocenters. The Hall–Kier alpha value is -3.60. The van der Waals surface area contributed by atoms with Crippen molar-refractivity contribution in [1.29, 1.82) is 0 Å². The SMILES string of the molecule is Cc1ccc(N2CC(c3nc4ccccc4n3CCCOc3cc(C)cc(C)c3)CC2=O)cc1. The van der Waals surface area contributed by atoms with Gasteiger partial charge in [0.05, 0.1) is 17.6 Å². The van der Waals surface area contributed by atoms with E-state index < -0.39 is 0 Å². The predicted octanol–water partition coefficient (Wildman–Crippen LogP) is 5.95. The number of hydrogen-bond acceptors (Lipinski definition) is 3. The minimum absolute atomic E-state index is 0.0709. The summed E-state index contributed by atoms with van der Waals surface area (Å²) in [5, 5.41) is 0. The Morgan fingerprint density at radius 3 is 2.44 bits per heavy atom. The van der Waals surface area contributed by atoms with Crippen molar-refractivity contribution in [2.24, 2.45) is 0 Å². The molecule has 1 aromatic heterocycles. The van der Waals surface area contributed by atoms with Gasteiger partial charge in [0.15, 0.2) is 0 Å². The van der Waals surface area contributed by atoms with E-state index in [1.807, 2.05) is 23.1 Å². The molecule has 1 unspecified atom stereocenters. The summed E-state index contributed by atoms with van der Waals surface area (Å²) in [7, 11) is 0. The predicted molar refractivity (Wildman–Crippen MR) is 137 cm³/mol. The molecule has 34 heavy (non-hydrogen) atoms. The number of carbonyl (C=O) groups excluding carboxylic acids is 1. The molecule has 174 valence electrons. The van der Waals surface area contributed by atoms with Crippen LogP contribution in [0.15, 0.2) is 66.7 Å². The lowest BCUT2D eigenvalue weighted by molar-refractivity contribution is -0.117. The number of amides is 1. The molecule has 0 radical (unpaired) electrons. The standard InChI is InChI=1S/C29H31N3O2/c1-20-9-11-24(12-10-20)32-19-23(18-28(32)33)29-30-26-7-4-5-8-27(26)31(29)13-6-14-34-25-16-21(2)15-22(3)17-25/h4-5,7-12,15-17,23H,6,13-14,18-19H2,1-3H3. The second kappa shape index (κ2) is 9.34.